The van der Waals surface area contributed by atoms with Crippen molar-refractivity contribution in [2.75, 3.05) is 18.4 Å². The fraction of sp³-hybridized carbons (Fsp3) is 0.211. The minimum absolute atomic E-state index is 0.148. The van der Waals surface area contributed by atoms with E-state index in [4.69, 9.17) is 11.6 Å². The Bertz CT molecular complexity index is 992. The van der Waals surface area contributed by atoms with Crippen molar-refractivity contribution in [3.8, 4) is 0 Å². The van der Waals surface area contributed by atoms with E-state index in [1.165, 1.54) is 0 Å². The molecule has 0 bridgehead atoms. The van der Waals surface area contributed by atoms with Gasteiger partial charge in [0.15, 0.2) is 5.69 Å². The third-order valence-electron chi connectivity index (χ3n) is 4.43. The number of likely N-dealkylation sites (tertiary alicyclic amines) is 1. The van der Waals surface area contributed by atoms with E-state index in [-0.39, 0.29) is 23.3 Å². The van der Waals surface area contributed by atoms with Crippen molar-refractivity contribution >= 4 is 34.6 Å². The maximum atomic E-state index is 12.8. The number of aromatic nitrogens is 2. The number of carbonyl (C=O) groups is 2. The van der Waals surface area contributed by atoms with Gasteiger partial charge in [-0.1, -0.05) is 23.7 Å². The van der Waals surface area contributed by atoms with Gasteiger partial charge in [-0.3, -0.25) is 14.0 Å². The number of anilines is 1. The van der Waals surface area contributed by atoms with Crippen molar-refractivity contribution in [3.63, 3.8) is 0 Å². The van der Waals surface area contributed by atoms with E-state index >= 15 is 0 Å². The van der Waals surface area contributed by atoms with Crippen LogP contribution in [0.2, 0.25) is 5.02 Å². The van der Waals surface area contributed by atoms with Crippen molar-refractivity contribution in [2.24, 2.45) is 0 Å². The summed E-state index contributed by atoms with van der Waals surface area (Å²) in [4.78, 5) is 31.7. The topological polar surface area (TPSA) is 66.7 Å². The lowest BCUT2D eigenvalue weighted by atomic mass is 10.3. The summed E-state index contributed by atoms with van der Waals surface area (Å²) in [6.45, 7) is 1.45. The molecular formula is C19H17ClN4O2. The Kier molecular flexibility index (Phi) is 4.34. The summed E-state index contributed by atoms with van der Waals surface area (Å²) in [6.07, 6.45) is 3.75. The van der Waals surface area contributed by atoms with Gasteiger partial charge in [0.05, 0.1) is 5.52 Å². The van der Waals surface area contributed by atoms with Crippen LogP contribution in [-0.2, 0) is 0 Å². The molecule has 1 fully saturated rings. The van der Waals surface area contributed by atoms with Crippen LogP contribution in [0.3, 0.4) is 0 Å². The van der Waals surface area contributed by atoms with Crippen LogP contribution in [0.15, 0.2) is 48.7 Å². The van der Waals surface area contributed by atoms with Crippen molar-refractivity contribution in [3.05, 3.63) is 65.2 Å². The van der Waals surface area contributed by atoms with Gasteiger partial charge in [-0.2, -0.15) is 0 Å². The smallest absolute Gasteiger partial charge is 0.290 e. The van der Waals surface area contributed by atoms with Gasteiger partial charge in [-0.15, -0.1) is 0 Å². The van der Waals surface area contributed by atoms with Gasteiger partial charge in [-0.05, 0) is 43.2 Å². The molecular weight excluding hydrogens is 352 g/mol. The van der Waals surface area contributed by atoms with E-state index in [0.717, 1.165) is 25.9 Å². The molecule has 0 aliphatic carbocycles. The first-order valence-corrected chi connectivity index (χ1v) is 8.84. The second kappa shape index (κ2) is 6.80. The normalized spacial score (nSPS) is 14.0. The molecule has 0 unspecified atom stereocenters. The van der Waals surface area contributed by atoms with Crippen LogP contribution < -0.4 is 5.32 Å². The molecule has 0 saturated carbocycles. The van der Waals surface area contributed by atoms with E-state index in [9.17, 15) is 9.59 Å². The van der Waals surface area contributed by atoms with E-state index in [2.05, 4.69) is 10.3 Å². The molecule has 1 N–H and O–H groups in total. The lowest BCUT2D eigenvalue weighted by molar-refractivity contribution is 0.0780. The van der Waals surface area contributed by atoms with Crippen LogP contribution in [-0.4, -0.2) is 39.2 Å². The molecule has 1 aromatic carbocycles. The molecule has 2 aromatic heterocycles. The Balaban J connectivity index is 1.71. The van der Waals surface area contributed by atoms with Crippen LogP contribution >= 0.6 is 11.6 Å². The number of benzene rings is 1. The summed E-state index contributed by atoms with van der Waals surface area (Å²) < 4.78 is 1.67. The van der Waals surface area contributed by atoms with Crippen LogP contribution in [0.25, 0.3) is 5.52 Å². The molecule has 1 aliphatic heterocycles. The number of imidazole rings is 1. The highest BCUT2D eigenvalue weighted by Crippen LogP contribution is 2.20. The van der Waals surface area contributed by atoms with Gasteiger partial charge in [0.1, 0.15) is 0 Å². The largest absolute Gasteiger partial charge is 0.336 e. The van der Waals surface area contributed by atoms with Crippen molar-refractivity contribution in [1.82, 2.24) is 14.3 Å². The third-order valence-corrected chi connectivity index (χ3v) is 4.67. The highest BCUT2D eigenvalue weighted by molar-refractivity contribution is 6.31. The summed E-state index contributed by atoms with van der Waals surface area (Å²) in [5.41, 5.74) is 1.38. The summed E-state index contributed by atoms with van der Waals surface area (Å²) in [6, 6.07) is 12.3. The van der Waals surface area contributed by atoms with Crippen LogP contribution in [0, 0.1) is 0 Å². The number of nitrogens with zero attached hydrogens (tertiary/aromatic N) is 3. The molecule has 0 radical (unpaired) electrons. The molecule has 3 aromatic rings. The number of pyridine rings is 1. The maximum absolute atomic E-state index is 12.8. The summed E-state index contributed by atoms with van der Waals surface area (Å²) in [7, 11) is 0. The number of hydrogen-bond donors (Lipinski definition) is 1. The second-order valence-corrected chi connectivity index (χ2v) is 6.64. The maximum Gasteiger partial charge on any atom is 0.290 e. The number of carbonyl (C=O) groups excluding carboxylic acids is 2. The second-order valence-electron chi connectivity index (χ2n) is 6.20. The zero-order valence-electron chi connectivity index (χ0n) is 14.0. The molecule has 6 nitrogen and oxygen atoms in total. The Morgan fingerprint density at radius 2 is 1.88 bits per heavy atom. The van der Waals surface area contributed by atoms with Gasteiger partial charge in [-0.25, -0.2) is 4.98 Å². The molecule has 2 amide bonds. The fourth-order valence-corrected chi connectivity index (χ4v) is 3.36. The average Bonchev–Trinajstić information content (AvgIpc) is 3.29. The molecule has 4 rings (SSSR count). The predicted molar refractivity (Wildman–Crippen MR) is 99.7 cm³/mol. The van der Waals surface area contributed by atoms with E-state index < -0.39 is 0 Å². The molecule has 26 heavy (non-hydrogen) atoms. The van der Waals surface area contributed by atoms with Gasteiger partial charge in [0, 0.05) is 30.0 Å². The first-order valence-electron chi connectivity index (χ1n) is 8.47. The van der Waals surface area contributed by atoms with Crippen LogP contribution in [0.4, 0.5) is 5.69 Å². The lowest BCUT2D eigenvalue weighted by Gasteiger charge is -2.13. The predicted octanol–water partition coefficient (Wildman–Crippen LogP) is 3.48. The number of amides is 2. The monoisotopic (exact) mass is 368 g/mol. The number of rotatable bonds is 3. The van der Waals surface area contributed by atoms with E-state index in [1.54, 1.807) is 45.8 Å². The van der Waals surface area contributed by atoms with Crippen molar-refractivity contribution in [1.29, 1.82) is 0 Å². The van der Waals surface area contributed by atoms with Crippen molar-refractivity contribution in [2.45, 2.75) is 12.8 Å². The molecule has 0 spiro atoms. The first kappa shape index (κ1) is 16.6. The van der Waals surface area contributed by atoms with Gasteiger partial charge in [0.2, 0.25) is 5.82 Å². The summed E-state index contributed by atoms with van der Waals surface area (Å²) in [5.74, 6) is -0.263. The highest BCUT2D eigenvalue weighted by atomic mass is 35.5. The quantitative estimate of drug-likeness (QED) is 0.769. The van der Waals surface area contributed by atoms with Gasteiger partial charge < -0.3 is 10.2 Å². The van der Waals surface area contributed by atoms with E-state index in [0.29, 0.717) is 16.2 Å². The molecule has 7 heteroatoms. The molecule has 132 valence electrons. The van der Waals surface area contributed by atoms with Gasteiger partial charge in [0.25, 0.3) is 11.8 Å². The molecule has 0 atom stereocenters. The van der Waals surface area contributed by atoms with E-state index in [1.807, 2.05) is 12.1 Å². The zero-order valence-corrected chi connectivity index (χ0v) is 14.7. The molecule has 1 aliphatic rings. The van der Waals surface area contributed by atoms with Crippen molar-refractivity contribution < 1.29 is 9.59 Å². The third kappa shape index (κ3) is 3.04. The minimum atomic E-state index is -0.378. The summed E-state index contributed by atoms with van der Waals surface area (Å²) >= 11 is 5.97. The Labute approximate surface area is 155 Å². The number of nitrogens with one attached hydrogen (secondary N) is 1. The number of fused-ring (bicyclic) bond motifs is 1. The standard InChI is InChI=1S/C19H17ClN4O2/c20-13-6-5-7-14(12-13)21-18(25)16-15-8-1-2-11-24(15)17(22-16)19(26)23-9-3-4-10-23/h1-2,5-8,11-12H,3-4,9-10H2,(H,21,25). The zero-order chi connectivity index (χ0) is 18.1. The Morgan fingerprint density at radius 3 is 2.65 bits per heavy atom. The SMILES string of the molecule is O=C(Nc1cccc(Cl)c1)c1nc(C(=O)N2CCCC2)n2ccccc12. The van der Waals surface area contributed by atoms with Crippen LogP contribution in [0.1, 0.15) is 33.9 Å². The Morgan fingerprint density at radius 1 is 1.08 bits per heavy atom. The minimum Gasteiger partial charge on any atom is -0.336 e. The Hall–Kier alpha value is -2.86. The van der Waals surface area contributed by atoms with Gasteiger partial charge >= 0.3 is 0 Å². The highest BCUT2D eigenvalue weighted by Gasteiger charge is 2.26. The molecule has 3 heterocycles. The fourth-order valence-electron chi connectivity index (χ4n) is 3.17. The summed E-state index contributed by atoms with van der Waals surface area (Å²) in [5, 5.41) is 3.32. The molecule has 1 saturated heterocycles. The number of hydrogen-bond acceptors (Lipinski definition) is 3. The lowest BCUT2D eigenvalue weighted by Crippen LogP contribution is -2.29. The number of halogens is 1. The van der Waals surface area contributed by atoms with Crippen LogP contribution in [0.5, 0.6) is 0 Å². The average molecular weight is 369 g/mol. The first-order chi connectivity index (χ1) is 12.6.